The summed E-state index contributed by atoms with van der Waals surface area (Å²) in [6.45, 7) is 8.05. The van der Waals surface area contributed by atoms with Gasteiger partial charge in [0.25, 0.3) is 0 Å². The molecule has 1 aromatic rings. The van der Waals surface area contributed by atoms with Gasteiger partial charge < -0.3 is 14.4 Å². The molecule has 0 aromatic heterocycles. The van der Waals surface area contributed by atoms with Crippen molar-refractivity contribution in [3.05, 3.63) is 34.9 Å². The van der Waals surface area contributed by atoms with E-state index in [0.29, 0.717) is 11.8 Å². The monoisotopic (exact) mass is 395 g/mol. The van der Waals surface area contributed by atoms with Gasteiger partial charge in [0, 0.05) is 31.8 Å². The van der Waals surface area contributed by atoms with E-state index in [0.717, 1.165) is 56.8 Å². The summed E-state index contributed by atoms with van der Waals surface area (Å²) in [7, 11) is 1.74. The number of methoxy groups -OCH3 is 1. The van der Waals surface area contributed by atoms with Gasteiger partial charge in [0.15, 0.2) is 0 Å². The lowest BCUT2D eigenvalue weighted by Crippen LogP contribution is -2.44. The Morgan fingerprint density at radius 3 is 2.78 bits per heavy atom. The van der Waals surface area contributed by atoms with Crippen molar-refractivity contribution < 1.29 is 14.3 Å². The third kappa shape index (κ3) is 7.34. The normalized spacial score (nSPS) is 19.0. The van der Waals surface area contributed by atoms with E-state index in [-0.39, 0.29) is 6.09 Å². The van der Waals surface area contributed by atoms with Gasteiger partial charge in [-0.15, -0.1) is 0 Å². The van der Waals surface area contributed by atoms with Crippen molar-refractivity contribution in [2.75, 3.05) is 26.8 Å². The largest absolute Gasteiger partial charge is 0.444 e. The SMILES string of the molecule is COCCCC[C@@H](c1cccc(Cl)c1)[C@@H]1CCCN(C(=O)OC(C)(C)C)C1. The van der Waals surface area contributed by atoms with E-state index in [9.17, 15) is 4.79 Å². The van der Waals surface area contributed by atoms with Gasteiger partial charge in [0.1, 0.15) is 5.60 Å². The molecule has 1 amide bonds. The molecule has 0 saturated carbocycles. The highest BCUT2D eigenvalue weighted by atomic mass is 35.5. The zero-order chi connectivity index (χ0) is 19.9. The smallest absolute Gasteiger partial charge is 0.410 e. The van der Waals surface area contributed by atoms with Gasteiger partial charge in [0.05, 0.1) is 0 Å². The van der Waals surface area contributed by atoms with E-state index in [1.165, 1.54) is 5.56 Å². The third-order valence-electron chi connectivity index (χ3n) is 5.07. The van der Waals surface area contributed by atoms with Crippen LogP contribution in [-0.4, -0.2) is 43.4 Å². The number of piperidine rings is 1. The summed E-state index contributed by atoms with van der Waals surface area (Å²) in [5.41, 5.74) is 0.812. The quantitative estimate of drug-likeness (QED) is 0.540. The summed E-state index contributed by atoms with van der Waals surface area (Å²) in [6, 6.07) is 8.18. The molecule has 0 N–H and O–H groups in total. The van der Waals surface area contributed by atoms with Crippen molar-refractivity contribution in [1.29, 1.82) is 0 Å². The zero-order valence-electron chi connectivity index (χ0n) is 17.2. The van der Waals surface area contributed by atoms with E-state index < -0.39 is 5.60 Å². The number of halogens is 1. The van der Waals surface area contributed by atoms with Crippen molar-refractivity contribution in [3.8, 4) is 0 Å². The Labute approximate surface area is 169 Å². The van der Waals surface area contributed by atoms with Crippen LogP contribution in [0.4, 0.5) is 4.79 Å². The van der Waals surface area contributed by atoms with Crippen LogP contribution in [0.1, 0.15) is 64.4 Å². The Hall–Kier alpha value is -1.26. The lowest BCUT2D eigenvalue weighted by Gasteiger charge is -2.38. The Morgan fingerprint density at radius 2 is 2.11 bits per heavy atom. The summed E-state index contributed by atoms with van der Waals surface area (Å²) in [5, 5.41) is 0.772. The molecule has 5 heteroatoms. The van der Waals surface area contributed by atoms with Crippen molar-refractivity contribution in [2.45, 2.75) is 64.4 Å². The van der Waals surface area contributed by atoms with Crippen molar-refractivity contribution in [3.63, 3.8) is 0 Å². The molecule has 1 heterocycles. The fourth-order valence-electron chi connectivity index (χ4n) is 3.85. The molecule has 2 atom stereocenters. The first kappa shape index (κ1) is 22.0. The molecule has 1 aliphatic rings. The third-order valence-corrected chi connectivity index (χ3v) is 5.30. The van der Waals surface area contributed by atoms with Gasteiger partial charge in [-0.3, -0.25) is 0 Å². The molecular formula is C22H34ClNO3. The fourth-order valence-corrected chi connectivity index (χ4v) is 4.05. The summed E-state index contributed by atoms with van der Waals surface area (Å²) in [6.07, 6.45) is 5.18. The molecule has 1 fully saturated rings. The van der Waals surface area contributed by atoms with Gasteiger partial charge in [-0.05, 0) is 76.0 Å². The summed E-state index contributed by atoms with van der Waals surface area (Å²) >= 11 is 6.26. The fraction of sp³-hybridized carbons (Fsp3) is 0.682. The number of amides is 1. The number of carbonyl (C=O) groups excluding carboxylic acids is 1. The van der Waals surface area contributed by atoms with Crippen LogP contribution in [0.25, 0.3) is 0 Å². The second kappa shape index (κ2) is 10.3. The van der Waals surface area contributed by atoms with Gasteiger partial charge in [0.2, 0.25) is 0 Å². The van der Waals surface area contributed by atoms with Crippen LogP contribution in [0.2, 0.25) is 5.02 Å². The number of rotatable bonds is 7. The molecular weight excluding hydrogens is 362 g/mol. The minimum absolute atomic E-state index is 0.198. The number of unbranched alkanes of at least 4 members (excludes halogenated alkanes) is 1. The molecule has 1 saturated heterocycles. The molecule has 0 radical (unpaired) electrons. The average molecular weight is 396 g/mol. The predicted molar refractivity (Wildman–Crippen MR) is 110 cm³/mol. The van der Waals surface area contributed by atoms with E-state index in [1.54, 1.807) is 7.11 Å². The molecule has 1 aromatic carbocycles. The minimum Gasteiger partial charge on any atom is -0.444 e. The molecule has 0 unspecified atom stereocenters. The number of likely N-dealkylation sites (tertiary alicyclic amines) is 1. The first-order valence-electron chi connectivity index (χ1n) is 10.0. The minimum atomic E-state index is -0.462. The number of hydrogen-bond donors (Lipinski definition) is 0. The molecule has 27 heavy (non-hydrogen) atoms. The lowest BCUT2D eigenvalue weighted by atomic mass is 9.78. The maximum absolute atomic E-state index is 12.5. The average Bonchev–Trinajstić information content (AvgIpc) is 2.60. The molecule has 2 rings (SSSR count). The van der Waals surface area contributed by atoms with E-state index in [4.69, 9.17) is 21.1 Å². The maximum atomic E-state index is 12.5. The number of ether oxygens (including phenoxy) is 2. The molecule has 0 aliphatic carbocycles. The summed E-state index contributed by atoms with van der Waals surface area (Å²) in [4.78, 5) is 14.4. The number of hydrogen-bond acceptors (Lipinski definition) is 3. The van der Waals surface area contributed by atoms with Crippen molar-refractivity contribution >= 4 is 17.7 Å². The number of benzene rings is 1. The summed E-state index contributed by atoms with van der Waals surface area (Å²) < 4.78 is 10.8. The highest BCUT2D eigenvalue weighted by Crippen LogP contribution is 2.36. The Kier molecular flexibility index (Phi) is 8.43. The molecule has 1 aliphatic heterocycles. The molecule has 4 nitrogen and oxygen atoms in total. The Bertz CT molecular complexity index is 599. The zero-order valence-corrected chi connectivity index (χ0v) is 17.9. The predicted octanol–water partition coefficient (Wildman–Crippen LogP) is 5.89. The molecule has 0 spiro atoms. The number of nitrogens with zero attached hydrogens (tertiary/aromatic N) is 1. The van der Waals surface area contributed by atoms with Crippen LogP contribution in [-0.2, 0) is 9.47 Å². The van der Waals surface area contributed by atoms with E-state index in [2.05, 4.69) is 12.1 Å². The Balaban J connectivity index is 2.10. The van der Waals surface area contributed by atoms with E-state index in [1.807, 2.05) is 37.8 Å². The maximum Gasteiger partial charge on any atom is 0.410 e. The second-order valence-electron chi connectivity index (χ2n) is 8.48. The van der Waals surface area contributed by atoms with Gasteiger partial charge in [-0.2, -0.15) is 0 Å². The van der Waals surface area contributed by atoms with Crippen LogP contribution in [0.15, 0.2) is 24.3 Å². The van der Waals surface area contributed by atoms with Crippen LogP contribution in [0.3, 0.4) is 0 Å². The highest BCUT2D eigenvalue weighted by Gasteiger charge is 2.32. The van der Waals surface area contributed by atoms with Gasteiger partial charge in [-0.1, -0.05) is 30.2 Å². The first-order chi connectivity index (χ1) is 12.8. The Morgan fingerprint density at radius 1 is 1.33 bits per heavy atom. The van der Waals surface area contributed by atoms with Crippen LogP contribution in [0, 0.1) is 5.92 Å². The lowest BCUT2D eigenvalue weighted by molar-refractivity contribution is 0.0148. The molecule has 0 bridgehead atoms. The standard InChI is InChI=1S/C22H34ClNO3/c1-22(2,3)27-21(25)24-13-8-10-18(16-24)20(12-5-6-14-26-4)17-9-7-11-19(23)15-17/h7,9,11,15,18,20H,5-6,8,10,12-14,16H2,1-4H3/t18-,20+/m1/s1. The van der Waals surface area contributed by atoms with Crippen LogP contribution in [0.5, 0.6) is 0 Å². The van der Waals surface area contributed by atoms with Crippen LogP contribution >= 0.6 is 11.6 Å². The van der Waals surface area contributed by atoms with Gasteiger partial charge in [-0.25, -0.2) is 4.79 Å². The van der Waals surface area contributed by atoms with Gasteiger partial charge >= 0.3 is 6.09 Å². The van der Waals surface area contributed by atoms with E-state index >= 15 is 0 Å². The van der Waals surface area contributed by atoms with Crippen LogP contribution < -0.4 is 0 Å². The first-order valence-corrected chi connectivity index (χ1v) is 10.4. The van der Waals surface area contributed by atoms with Crippen molar-refractivity contribution in [2.24, 2.45) is 5.92 Å². The summed E-state index contributed by atoms with van der Waals surface area (Å²) in [5.74, 6) is 0.818. The highest BCUT2D eigenvalue weighted by molar-refractivity contribution is 6.30. The molecule has 152 valence electrons. The van der Waals surface area contributed by atoms with Crippen molar-refractivity contribution in [1.82, 2.24) is 4.90 Å². The topological polar surface area (TPSA) is 38.8 Å². The second-order valence-corrected chi connectivity index (χ2v) is 8.92. The number of carbonyl (C=O) groups is 1.